The first-order valence-corrected chi connectivity index (χ1v) is 10.6. The third-order valence-corrected chi connectivity index (χ3v) is 5.50. The van der Waals surface area contributed by atoms with E-state index in [1.807, 2.05) is 30.3 Å². The zero-order valence-electron chi connectivity index (χ0n) is 16.4. The van der Waals surface area contributed by atoms with Gasteiger partial charge in [-0.3, -0.25) is 15.1 Å². The molecule has 4 rings (SSSR count). The molecule has 2 heterocycles. The second kappa shape index (κ2) is 9.20. The van der Waals surface area contributed by atoms with Crippen molar-refractivity contribution in [1.29, 1.82) is 0 Å². The van der Waals surface area contributed by atoms with Gasteiger partial charge >= 0.3 is 6.09 Å². The van der Waals surface area contributed by atoms with Crippen molar-refractivity contribution < 1.29 is 14.3 Å². The Labute approximate surface area is 187 Å². The van der Waals surface area contributed by atoms with E-state index in [0.717, 1.165) is 16.5 Å². The van der Waals surface area contributed by atoms with E-state index in [-0.39, 0.29) is 12.5 Å². The molecule has 1 fully saturated rings. The summed E-state index contributed by atoms with van der Waals surface area (Å²) in [5, 5.41) is 7.12. The van der Waals surface area contributed by atoms with Gasteiger partial charge in [0.1, 0.15) is 0 Å². The minimum Gasteiger partial charge on any atom is -0.450 e. The Balaban J connectivity index is 1.55. The van der Waals surface area contributed by atoms with Crippen molar-refractivity contribution >= 4 is 68.9 Å². The smallest absolute Gasteiger partial charge is 0.411 e. The minimum absolute atomic E-state index is 0.244. The molecule has 0 radical (unpaired) electrons. The van der Waals surface area contributed by atoms with Crippen LogP contribution >= 0.6 is 23.4 Å². The first-order chi connectivity index (χ1) is 15.0. The van der Waals surface area contributed by atoms with Gasteiger partial charge in [0, 0.05) is 17.3 Å². The Morgan fingerprint density at radius 2 is 2.16 bits per heavy atom. The minimum atomic E-state index is -0.567. The van der Waals surface area contributed by atoms with Crippen LogP contribution in [0.5, 0.6) is 0 Å². The number of nitrogens with zero attached hydrogens (tertiary/aromatic N) is 2. The fourth-order valence-electron chi connectivity index (χ4n) is 2.89. The van der Waals surface area contributed by atoms with Crippen molar-refractivity contribution in [2.75, 3.05) is 11.9 Å². The summed E-state index contributed by atoms with van der Waals surface area (Å²) in [6.07, 6.45) is 2.98. The molecule has 156 valence electrons. The van der Waals surface area contributed by atoms with Crippen LogP contribution in [0.3, 0.4) is 0 Å². The SMILES string of the molecule is CCOC(=O)Nc1ccc(Cl)c(N=C2NC(=O)C(=Cc3ccc4ncccc4c3)S2)c1. The largest absolute Gasteiger partial charge is 0.450 e. The highest BCUT2D eigenvalue weighted by molar-refractivity contribution is 8.18. The van der Waals surface area contributed by atoms with Crippen molar-refractivity contribution in [2.45, 2.75) is 6.92 Å². The van der Waals surface area contributed by atoms with Gasteiger partial charge in [-0.25, -0.2) is 9.79 Å². The Bertz CT molecular complexity index is 1240. The Hall–Kier alpha value is -3.36. The molecule has 0 aliphatic carbocycles. The van der Waals surface area contributed by atoms with Gasteiger partial charge in [-0.1, -0.05) is 23.7 Å². The molecular formula is C22H17ClN4O3S. The van der Waals surface area contributed by atoms with E-state index in [1.165, 1.54) is 11.8 Å². The highest BCUT2D eigenvalue weighted by Gasteiger charge is 2.24. The Morgan fingerprint density at radius 3 is 3.00 bits per heavy atom. The van der Waals surface area contributed by atoms with Crippen LogP contribution in [-0.4, -0.2) is 28.8 Å². The molecule has 1 aromatic heterocycles. The first kappa shape index (κ1) is 20.9. The number of hydrogen-bond donors (Lipinski definition) is 2. The lowest BCUT2D eigenvalue weighted by Crippen LogP contribution is -2.19. The van der Waals surface area contributed by atoms with Gasteiger partial charge in [-0.2, -0.15) is 0 Å². The van der Waals surface area contributed by atoms with E-state index in [0.29, 0.717) is 26.5 Å². The van der Waals surface area contributed by atoms with Crippen LogP contribution in [-0.2, 0) is 9.53 Å². The predicted octanol–water partition coefficient (Wildman–Crippen LogP) is 5.35. The number of hydrogen-bond acceptors (Lipinski definition) is 6. The van der Waals surface area contributed by atoms with Gasteiger partial charge in [-0.05, 0) is 66.7 Å². The van der Waals surface area contributed by atoms with Crippen molar-refractivity contribution in [3.8, 4) is 0 Å². The maximum Gasteiger partial charge on any atom is 0.411 e. The molecule has 1 aliphatic heterocycles. The predicted molar refractivity (Wildman–Crippen MR) is 125 cm³/mol. The Kier molecular flexibility index (Phi) is 6.20. The topological polar surface area (TPSA) is 92.7 Å². The lowest BCUT2D eigenvalue weighted by atomic mass is 10.1. The Morgan fingerprint density at radius 1 is 1.29 bits per heavy atom. The molecule has 3 aromatic rings. The zero-order valence-corrected chi connectivity index (χ0v) is 18.0. The van der Waals surface area contributed by atoms with E-state index < -0.39 is 6.09 Å². The van der Waals surface area contributed by atoms with Crippen molar-refractivity contribution in [3.63, 3.8) is 0 Å². The molecule has 2 amide bonds. The molecule has 0 atom stereocenters. The van der Waals surface area contributed by atoms with Crippen LogP contribution in [0.4, 0.5) is 16.2 Å². The summed E-state index contributed by atoms with van der Waals surface area (Å²) in [7, 11) is 0. The van der Waals surface area contributed by atoms with E-state index in [1.54, 1.807) is 37.4 Å². The number of ether oxygens (including phenoxy) is 1. The molecule has 0 unspecified atom stereocenters. The van der Waals surface area contributed by atoms with Gasteiger partial charge in [0.15, 0.2) is 5.17 Å². The van der Waals surface area contributed by atoms with Gasteiger partial charge in [0.05, 0.1) is 27.7 Å². The molecule has 0 saturated carbocycles. The average Bonchev–Trinajstić information content (AvgIpc) is 3.09. The van der Waals surface area contributed by atoms with Gasteiger partial charge in [0.2, 0.25) is 0 Å². The molecule has 9 heteroatoms. The molecule has 0 spiro atoms. The molecular weight excluding hydrogens is 436 g/mol. The van der Waals surface area contributed by atoms with Crippen molar-refractivity contribution in [2.24, 2.45) is 4.99 Å². The van der Waals surface area contributed by atoms with Crippen molar-refractivity contribution in [3.05, 3.63) is 70.2 Å². The second-order valence-corrected chi connectivity index (χ2v) is 7.89. The quantitative estimate of drug-likeness (QED) is 0.520. The van der Waals surface area contributed by atoms with Gasteiger partial charge in [0.25, 0.3) is 5.91 Å². The third-order valence-electron chi connectivity index (χ3n) is 4.27. The number of halogens is 1. The van der Waals surface area contributed by atoms with Crippen LogP contribution in [0, 0.1) is 0 Å². The van der Waals surface area contributed by atoms with E-state index in [4.69, 9.17) is 16.3 Å². The number of benzene rings is 2. The first-order valence-electron chi connectivity index (χ1n) is 9.39. The number of carbonyl (C=O) groups excluding carboxylic acids is 2. The molecule has 2 aromatic carbocycles. The fraction of sp³-hybridized carbons (Fsp3) is 0.0909. The maximum atomic E-state index is 12.4. The van der Waals surface area contributed by atoms with Crippen LogP contribution < -0.4 is 10.6 Å². The summed E-state index contributed by atoms with van der Waals surface area (Å²) in [4.78, 5) is 33.3. The number of pyridine rings is 1. The van der Waals surface area contributed by atoms with Gasteiger partial charge in [-0.15, -0.1) is 0 Å². The number of rotatable bonds is 4. The number of aromatic nitrogens is 1. The summed E-state index contributed by atoms with van der Waals surface area (Å²) < 4.78 is 4.87. The number of aliphatic imine (C=N–C) groups is 1. The number of amides is 2. The molecule has 2 N–H and O–H groups in total. The summed E-state index contributed by atoms with van der Waals surface area (Å²) in [6, 6.07) is 14.5. The zero-order chi connectivity index (χ0) is 21.8. The molecule has 1 saturated heterocycles. The van der Waals surface area contributed by atoms with E-state index in [9.17, 15) is 9.59 Å². The second-order valence-electron chi connectivity index (χ2n) is 6.45. The lowest BCUT2D eigenvalue weighted by molar-refractivity contribution is -0.115. The average molecular weight is 453 g/mol. The fourth-order valence-corrected chi connectivity index (χ4v) is 3.88. The van der Waals surface area contributed by atoms with Crippen LogP contribution in [0.1, 0.15) is 12.5 Å². The molecule has 31 heavy (non-hydrogen) atoms. The standard InChI is InChI=1S/C22H17ClN4O3S/c1-2-30-22(29)25-15-6-7-16(23)18(12-15)26-21-27-20(28)19(31-21)11-13-5-8-17-14(10-13)4-3-9-24-17/h3-12H,2H2,1H3,(H,25,29)(H,26,27,28). The summed E-state index contributed by atoms with van der Waals surface area (Å²) in [5.74, 6) is -0.244. The van der Waals surface area contributed by atoms with Crippen molar-refractivity contribution in [1.82, 2.24) is 10.3 Å². The number of carbonyl (C=O) groups is 2. The van der Waals surface area contributed by atoms with E-state index >= 15 is 0 Å². The number of amidine groups is 1. The van der Waals surface area contributed by atoms with E-state index in [2.05, 4.69) is 20.6 Å². The van der Waals surface area contributed by atoms with Crippen LogP contribution in [0.15, 0.2) is 64.6 Å². The lowest BCUT2D eigenvalue weighted by Gasteiger charge is -2.07. The monoisotopic (exact) mass is 452 g/mol. The third kappa shape index (κ3) is 5.04. The summed E-state index contributed by atoms with van der Waals surface area (Å²) in [5.41, 5.74) is 2.67. The summed E-state index contributed by atoms with van der Waals surface area (Å²) >= 11 is 7.45. The maximum absolute atomic E-state index is 12.4. The molecule has 7 nitrogen and oxygen atoms in total. The number of anilines is 1. The number of fused-ring (bicyclic) bond motifs is 1. The van der Waals surface area contributed by atoms with Crippen LogP contribution in [0.2, 0.25) is 5.02 Å². The summed E-state index contributed by atoms with van der Waals surface area (Å²) in [6.45, 7) is 1.98. The highest BCUT2D eigenvalue weighted by atomic mass is 35.5. The highest BCUT2D eigenvalue weighted by Crippen LogP contribution is 2.33. The number of thioether (sulfide) groups is 1. The molecule has 0 bridgehead atoms. The number of nitrogens with one attached hydrogen (secondary N) is 2. The van der Waals surface area contributed by atoms with Gasteiger partial charge < -0.3 is 10.1 Å². The normalized spacial score (nSPS) is 16.0. The van der Waals surface area contributed by atoms with Crippen LogP contribution in [0.25, 0.3) is 17.0 Å². The molecule has 1 aliphatic rings.